The molecule has 1 aromatic carbocycles. The highest BCUT2D eigenvalue weighted by Crippen LogP contribution is 2.28. The molecule has 2 aromatic heterocycles. The summed E-state index contributed by atoms with van der Waals surface area (Å²) in [5.41, 5.74) is 1.61. The fourth-order valence-electron chi connectivity index (χ4n) is 3.62. The molecule has 0 spiro atoms. The Balaban J connectivity index is 1.60. The first kappa shape index (κ1) is 20.2. The number of hydrogen-bond acceptors (Lipinski definition) is 6. The van der Waals surface area contributed by atoms with E-state index in [0.29, 0.717) is 36.1 Å². The lowest BCUT2D eigenvalue weighted by Gasteiger charge is -2.31. The molecule has 3 aromatic rings. The number of carbonyl (C=O) groups is 2. The van der Waals surface area contributed by atoms with Crippen molar-refractivity contribution in [3.8, 4) is 0 Å². The maximum Gasteiger partial charge on any atom is 0.310 e. The molecule has 1 fully saturated rings. The molecule has 4 rings (SSSR count). The number of rotatable bonds is 5. The smallest absolute Gasteiger partial charge is 0.310 e. The third-order valence-corrected chi connectivity index (χ3v) is 5.36. The summed E-state index contributed by atoms with van der Waals surface area (Å²) >= 11 is 5.96. The third kappa shape index (κ3) is 4.26. The van der Waals surface area contributed by atoms with Gasteiger partial charge < -0.3 is 19.4 Å². The van der Waals surface area contributed by atoms with Crippen LogP contribution in [0.4, 0.5) is 11.5 Å². The lowest BCUT2D eigenvalue weighted by Crippen LogP contribution is -2.43. The zero-order chi connectivity index (χ0) is 21.1. The fraction of sp³-hybridized carbons (Fsp3) is 0.318. The van der Waals surface area contributed by atoms with Crippen LogP contribution < -0.4 is 5.32 Å². The van der Waals surface area contributed by atoms with Crippen molar-refractivity contribution in [1.29, 1.82) is 0 Å². The van der Waals surface area contributed by atoms with Crippen LogP contribution in [0.3, 0.4) is 0 Å². The van der Waals surface area contributed by atoms with Crippen LogP contribution in [0.2, 0.25) is 5.02 Å². The fourth-order valence-corrected chi connectivity index (χ4v) is 3.74. The van der Waals surface area contributed by atoms with Crippen LogP contribution in [0.15, 0.2) is 47.1 Å². The molecule has 0 radical (unpaired) electrons. The molecule has 7 nitrogen and oxygen atoms in total. The molecule has 8 heteroatoms. The minimum atomic E-state index is -0.304. The molecule has 0 saturated carbocycles. The molecule has 156 valence electrons. The first-order valence-electron chi connectivity index (χ1n) is 9.92. The highest BCUT2D eigenvalue weighted by Gasteiger charge is 2.30. The van der Waals surface area contributed by atoms with Gasteiger partial charge in [-0.3, -0.25) is 9.59 Å². The van der Waals surface area contributed by atoms with Gasteiger partial charge in [-0.25, -0.2) is 4.98 Å². The highest BCUT2D eigenvalue weighted by molar-refractivity contribution is 6.30. The van der Waals surface area contributed by atoms with Gasteiger partial charge in [-0.05, 0) is 50.1 Å². The van der Waals surface area contributed by atoms with E-state index in [4.69, 9.17) is 20.8 Å². The molecular formula is C22H22ClN3O4. The number of piperidine rings is 1. The molecule has 0 bridgehead atoms. The van der Waals surface area contributed by atoms with Crippen molar-refractivity contribution in [3.05, 3.63) is 53.4 Å². The number of nitrogens with zero attached hydrogens (tertiary/aromatic N) is 2. The number of aromatic nitrogens is 1. The van der Waals surface area contributed by atoms with Crippen molar-refractivity contribution in [1.82, 2.24) is 9.88 Å². The second-order valence-corrected chi connectivity index (χ2v) is 7.60. The molecule has 1 atom stereocenters. The maximum atomic E-state index is 13.2. The quantitative estimate of drug-likeness (QED) is 0.597. The standard InChI is InChI=1S/C22H22ClN3O4/c1-2-29-22(28)14-4-3-10-26(13-14)21(27)18-12-19-17(9-11-30-19)20(25-18)24-16-7-5-15(23)6-8-16/h5-9,11-12,14H,2-4,10,13H2,1H3,(H,24,25). The Labute approximate surface area is 179 Å². The zero-order valence-electron chi connectivity index (χ0n) is 16.6. The molecule has 3 heterocycles. The summed E-state index contributed by atoms with van der Waals surface area (Å²) in [6, 6.07) is 10.6. The van der Waals surface area contributed by atoms with Crippen molar-refractivity contribution in [2.45, 2.75) is 19.8 Å². The van der Waals surface area contributed by atoms with Crippen molar-refractivity contribution >= 4 is 46.0 Å². The van der Waals surface area contributed by atoms with E-state index in [0.717, 1.165) is 23.9 Å². The number of furan rings is 1. The van der Waals surface area contributed by atoms with E-state index in [1.54, 1.807) is 42.4 Å². The molecule has 0 aliphatic carbocycles. The number of pyridine rings is 1. The molecule has 1 saturated heterocycles. The van der Waals surface area contributed by atoms with Crippen LogP contribution in [0, 0.1) is 5.92 Å². The van der Waals surface area contributed by atoms with Gasteiger partial charge in [0.15, 0.2) is 0 Å². The Morgan fingerprint density at radius 3 is 2.87 bits per heavy atom. The van der Waals surface area contributed by atoms with E-state index < -0.39 is 0 Å². The summed E-state index contributed by atoms with van der Waals surface area (Å²) < 4.78 is 10.7. The van der Waals surface area contributed by atoms with E-state index in [2.05, 4.69) is 10.3 Å². The van der Waals surface area contributed by atoms with Crippen LogP contribution in [0.5, 0.6) is 0 Å². The van der Waals surface area contributed by atoms with Crippen molar-refractivity contribution in [2.75, 3.05) is 25.0 Å². The number of esters is 1. The van der Waals surface area contributed by atoms with E-state index in [1.165, 1.54) is 0 Å². The summed E-state index contributed by atoms with van der Waals surface area (Å²) in [7, 11) is 0. The van der Waals surface area contributed by atoms with Crippen molar-refractivity contribution < 1.29 is 18.7 Å². The number of likely N-dealkylation sites (tertiary alicyclic amines) is 1. The number of carbonyl (C=O) groups excluding carboxylic acids is 2. The van der Waals surface area contributed by atoms with Gasteiger partial charge in [-0.2, -0.15) is 0 Å². The Kier molecular flexibility index (Phi) is 5.90. The number of amides is 1. The summed E-state index contributed by atoms with van der Waals surface area (Å²) in [5, 5.41) is 4.63. The maximum absolute atomic E-state index is 13.2. The average molecular weight is 428 g/mol. The van der Waals surface area contributed by atoms with Gasteiger partial charge in [0.25, 0.3) is 5.91 Å². The van der Waals surface area contributed by atoms with Gasteiger partial charge in [-0.15, -0.1) is 0 Å². The largest absolute Gasteiger partial charge is 0.466 e. The molecule has 1 unspecified atom stereocenters. The lowest BCUT2D eigenvalue weighted by molar-refractivity contribution is -0.149. The molecule has 1 N–H and O–H groups in total. The van der Waals surface area contributed by atoms with Crippen molar-refractivity contribution in [3.63, 3.8) is 0 Å². The van der Waals surface area contributed by atoms with Gasteiger partial charge >= 0.3 is 5.97 Å². The van der Waals surface area contributed by atoms with Crippen LogP contribution >= 0.6 is 11.6 Å². The predicted octanol–water partition coefficient (Wildman–Crippen LogP) is 4.64. The van der Waals surface area contributed by atoms with Gasteiger partial charge in [0.05, 0.1) is 24.2 Å². The number of nitrogens with one attached hydrogen (secondary N) is 1. The summed E-state index contributed by atoms with van der Waals surface area (Å²) in [6.07, 6.45) is 3.02. The number of halogens is 1. The summed E-state index contributed by atoms with van der Waals surface area (Å²) in [6.45, 7) is 3.02. The van der Waals surface area contributed by atoms with Gasteiger partial charge in [0.1, 0.15) is 17.1 Å². The molecular weight excluding hydrogens is 406 g/mol. The Hall–Kier alpha value is -3.06. The molecule has 30 heavy (non-hydrogen) atoms. The number of benzene rings is 1. The third-order valence-electron chi connectivity index (χ3n) is 5.10. The zero-order valence-corrected chi connectivity index (χ0v) is 17.3. The number of ether oxygens (including phenoxy) is 1. The van der Waals surface area contributed by atoms with Crippen LogP contribution in [-0.2, 0) is 9.53 Å². The number of hydrogen-bond donors (Lipinski definition) is 1. The Bertz CT molecular complexity index is 1060. The predicted molar refractivity (Wildman–Crippen MR) is 114 cm³/mol. The highest BCUT2D eigenvalue weighted by atomic mass is 35.5. The molecule has 1 amide bonds. The van der Waals surface area contributed by atoms with E-state index in [-0.39, 0.29) is 23.5 Å². The second-order valence-electron chi connectivity index (χ2n) is 7.16. The van der Waals surface area contributed by atoms with Crippen LogP contribution in [0.1, 0.15) is 30.3 Å². The molecule has 1 aliphatic rings. The minimum absolute atomic E-state index is 0.235. The minimum Gasteiger partial charge on any atom is -0.466 e. The first-order valence-corrected chi connectivity index (χ1v) is 10.3. The SMILES string of the molecule is CCOC(=O)C1CCCN(C(=O)c2cc3occc3c(Nc3ccc(Cl)cc3)n2)C1. The number of fused-ring (bicyclic) bond motifs is 1. The monoisotopic (exact) mass is 427 g/mol. The average Bonchev–Trinajstić information content (AvgIpc) is 3.24. The van der Waals surface area contributed by atoms with E-state index in [9.17, 15) is 9.59 Å². The van der Waals surface area contributed by atoms with Crippen LogP contribution in [-0.4, -0.2) is 41.5 Å². The van der Waals surface area contributed by atoms with Crippen molar-refractivity contribution in [2.24, 2.45) is 5.92 Å². The lowest BCUT2D eigenvalue weighted by atomic mass is 9.98. The van der Waals surface area contributed by atoms with Gasteiger partial charge in [0.2, 0.25) is 0 Å². The van der Waals surface area contributed by atoms with E-state index in [1.807, 2.05) is 12.1 Å². The normalized spacial score (nSPS) is 16.5. The Morgan fingerprint density at radius 2 is 2.10 bits per heavy atom. The van der Waals surface area contributed by atoms with E-state index >= 15 is 0 Å². The van der Waals surface area contributed by atoms with Gasteiger partial charge in [-0.1, -0.05) is 11.6 Å². The summed E-state index contributed by atoms with van der Waals surface area (Å²) in [4.78, 5) is 31.5. The summed E-state index contributed by atoms with van der Waals surface area (Å²) in [5.74, 6) is -0.275. The molecule has 1 aliphatic heterocycles. The number of anilines is 2. The second kappa shape index (κ2) is 8.75. The first-order chi connectivity index (χ1) is 14.5. The van der Waals surface area contributed by atoms with Gasteiger partial charge in [0, 0.05) is 29.9 Å². The van der Waals surface area contributed by atoms with Crippen LogP contribution in [0.25, 0.3) is 11.0 Å². The topological polar surface area (TPSA) is 84.7 Å². The Morgan fingerprint density at radius 1 is 1.30 bits per heavy atom.